The summed E-state index contributed by atoms with van der Waals surface area (Å²) in [7, 11) is 0. The Morgan fingerprint density at radius 3 is 2.64 bits per heavy atom. The molecule has 1 saturated heterocycles. The second kappa shape index (κ2) is 7.09. The third kappa shape index (κ3) is 3.47. The van der Waals surface area contributed by atoms with Crippen LogP contribution in [-0.2, 0) is 0 Å². The normalized spacial score (nSPS) is 15.0. The number of anilines is 1. The van der Waals surface area contributed by atoms with E-state index in [0.29, 0.717) is 13.1 Å². The molecule has 25 heavy (non-hydrogen) atoms. The molecule has 1 aliphatic heterocycles. The molecule has 0 unspecified atom stereocenters. The van der Waals surface area contributed by atoms with Crippen LogP contribution >= 0.6 is 45.5 Å². The minimum Gasteiger partial charge on any atom is -0.345 e. The lowest BCUT2D eigenvalue weighted by Gasteiger charge is -2.34. The highest BCUT2D eigenvalue weighted by Crippen LogP contribution is 2.31. The lowest BCUT2D eigenvalue weighted by atomic mass is 10.2. The molecule has 2 heterocycles. The van der Waals surface area contributed by atoms with E-state index in [1.165, 1.54) is 0 Å². The van der Waals surface area contributed by atoms with Crippen LogP contribution in [0.4, 0.5) is 5.13 Å². The third-order valence-electron chi connectivity index (χ3n) is 4.28. The maximum Gasteiger partial charge on any atom is 0.255 e. The SMILES string of the molecule is O=C(c1ccccc1I)N1CCN(c2nc3ccc(Cl)cc3s2)CC1. The summed E-state index contributed by atoms with van der Waals surface area (Å²) in [6.45, 7) is 3.01. The molecule has 0 N–H and O–H groups in total. The van der Waals surface area contributed by atoms with Gasteiger partial charge in [-0.25, -0.2) is 4.98 Å². The van der Waals surface area contributed by atoms with Crippen molar-refractivity contribution >= 4 is 66.8 Å². The van der Waals surface area contributed by atoms with Crippen molar-refractivity contribution in [1.82, 2.24) is 9.88 Å². The van der Waals surface area contributed by atoms with Crippen LogP contribution in [0.5, 0.6) is 0 Å². The Bertz CT molecular complexity index is 937. The highest BCUT2D eigenvalue weighted by atomic mass is 127. The Hall–Kier alpha value is -1.38. The summed E-state index contributed by atoms with van der Waals surface area (Å²) in [5, 5.41) is 1.73. The topological polar surface area (TPSA) is 36.4 Å². The summed E-state index contributed by atoms with van der Waals surface area (Å²) in [6.07, 6.45) is 0. The number of carbonyl (C=O) groups is 1. The van der Waals surface area contributed by atoms with E-state index < -0.39 is 0 Å². The minimum atomic E-state index is 0.112. The molecule has 3 aromatic rings. The molecule has 0 bridgehead atoms. The van der Waals surface area contributed by atoms with Crippen molar-refractivity contribution in [2.75, 3.05) is 31.1 Å². The van der Waals surface area contributed by atoms with Gasteiger partial charge in [-0.2, -0.15) is 0 Å². The maximum absolute atomic E-state index is 12.7. The molecular formula is C18H15ClIN3OS. The number of benzene rings is 2. The maximum atomic E-state index is 12.7. The molecule has 1 amide bonds. The fourth-order valence-electron chi connectivity index (χ4n) is 2.93. The van der Waals surface area contributed by atoms with Crippen molar-refractivity contribution in [3.05, 3.63) is 56.6 Å². The van der Waals surface area contributed by atoms with Crippen LogP contribution in [0.2, 0.25) is 5.02 Å². The smallest absolute Gasteiger partial charge is 0.255 e. The molecule has 4 rings (SSSR count). The Morgan fingerprint density at radius 1 is 1.12 bits per heavy atom. The van der Waals surface area contributed by atoms with Gasteiger partial charge < -0.3 is 9.80 Å². The lowest BCUT2D eigenvalue weighted by Crippen LogP contribution is -2.48. The van der Waals surface area contributed by atoms with Crippen LogP contribution in [-0.4, -0.2) is 42.0 Å². The van der Waals surface area contributed by atoms with Gasteiger partial charge in [0.25, 0.3) is 5.91 Å². The van der Waals surface area contributed by atoms with E-state index in [4.69, 9.17) is 16.6 Å². The summed E-state index contributed by atoms with van der Waals surface area (Å²) >= 11 is 9.93. The molecule has 0 spiro atoms. The van der Waals surface area contributed by atoms with Gasteiger partial charge in [0, 0.05) is 34.8 Å². The van der Waals surface area contributed by atoms with Crippen molar-refractivity contribution in [2.24, 2.45) is 0 Å². The number of nitrogens with zero attached hydrogens (tertiary/aromatic N) is 3. The van der Waals surface area contributed by atoms with Crippen LogP contribution < -0.4 is 4.90 Å². The third-order valence-corrected chi connectivity index (χ3v) is 6.54. The van der Waals surface area contributed by atoms with Gasteiger partial charge in [0.1, 0.15) is 0 Å². The summed E-state index contributed by atoms with van der Waals surface area (Å²) in [5.74, 6) is 0.112. The van der Waals surface area contributed by atoms with E-state index in [9.17, 15) is 4.79 Å². The Balaban J connectivity index is 1.47. The zero-order valence-electron chi connectivity index (χ0n) is 13.3. The second-order valence-corrected chi connectivity index (χ2v) is 8.48. The summed E-state index contributed by atoms with van der Waals surface area (Å²) in [6, 6.07) is 13.5. The molecule has 1 aliphatic rings. The van der Waals surface area contributed by atoms with Crippen molar-refractivity contribution in [2.45, 2.75) is 0 Å². The van der Waals surface area contributed by atoms with E-state index in [1.807, 2.05) is 47.4 Å². The molecule has 0 atom stereocenters. The number of piperazine rings is 1. The average Bonchev–Trinajstić information content (AvgIpc) is 3.05. The van der Waals surface area contributed by atoms with Gasteiger partial charge in [-0.1, -0.05) is 35.1 Å². The molecule has 4 nitrogen and oxygen atoms in total. The molecular weight excluding hydrogens is 469 g/mol. The van der Waals surface area contributed by atoms with E-state index in [1.54, 1.807) is 11.3 Å². The van der Waals surface area contributed by atoms with Crippen molar-refractivity contribution in [1.29, 1.82) is 0 Å². The summed E-state index contributed by atoms with van der Waals surface area (Å²) < 4.78 is 2.09. The molecule has 0 radical (unpaired) electrons. The van der Waals surface area contributed by atoms with Gasteiger partial charge in [0.2, 0.25) is 0 Å². The molecule has 1 fully saturated rings. The average molecular weight is 484 g/mol. The lowest BCUT2D eigenvalue weighted by molar-refractivity contribution is 0.0745. The van der Waals surface area contributed by atoms with Gasteiger partial charge in [0.05, 0.1) is 15.8 Å². The van der Waals surface area contributed by atoms with Crippen molar-refractivity contribution < 1.29 is 4.79 Å². The Morgan fingerprint density at radius 2 is 1.88 bits per heavy atom. The predicted octanol–water partition coefficient (Wildman–Crippen LogP) is 4.52. The highest BCUT2D eigenvalue weighted by molar-refractivity contribution is 14.1. The molecule has 1 aromatic heterocycles. The Kier molecular flexibility index (Phi) is 4.84. The van der Waals surface area contributed by atoms with Gasteiger partial charge >= 0.3 is 0 Å². The molecule has 0 aliphatic carbocycles. The van der Waals surface area contributed by atoms with Crippen LogP contribution in [0.15, 0.2) is 42.5 Å². The van der Waals surface area contributed by atoms with Gasteiger partial charge in [-0.3, -0.25) is 4.79 Å². The number of carbonyl (C=O) groups excluding carboxylic acids is 1. The van der Waals surface area contributed by atoms with Crippen LogP contribution in [0.3, 0.4) is 0 Å². The predicted molar refractivity (Wildman–Crippen MR) is 112 cm³/mol. The van der Waals surface area contributed by atoms with Crippen LogP contribution in [0, 0.1) is 3.57 Å². The minimum absolute atomic E-state index is 0.112. The fraction of sp³-hybridized carbons (Fsp3) is 0.222. The number of hydrogen-bond donors (Lipinski definition) is 0. The Labute approximate surface area is 168 Å². The van der Waals surface area contributed by atoms with Gasteiger partial charge in [-0.15, -0.1) is 0 Å². The number of aromatic nitrogens is 1. The van der Waals surface area contributed by atoms with E-state index in [-0.39, 0.29) is 5.91 Å². The van der Waals surface area contributed by atoms with Gasteiger partial charge in [-0.05, 0) is 52.9 Å². The summed E-state index contributed by atoms with van der Waals surface area (Å²) in [5.41, 5.74) is 1.76. The first-order valence-corrected chi connectivity index (χ1v) is 10.2. The number of amides is 1. The first-order valence-electron chi connectivity index (χ1n) is 7.97. The molecule has 128 valence electrons. The number of rotatable bonds is 2. The second-order valence-electron chi connectivity index (χ2n) is 5.87. The molecule has 7 heteroatoms. The standard InChI is InChI=1S/C18H15ClIN3OS/c19-12-5-6-15-16(11-12)25-18(21-15)23-9-7-22(8-10-23)17(24)13-3-1-2-4-14(13)20/h1-6,11H,7-10H2. The highest BCUT2D eigenvalue weighted by Gasteiger charge is 2.24. The van der Waals surface area contributed by atoms with Gasteiger partial charge in [0.15, 0.2) is 5.13 Å². The first-order chi connectivity index (χ1) is 12.1. The number of halogens is 2. The van der Waals surface area contributed by atoms with E-state index in [2.05, 4.69) is 27.5 Å². The fourth-order valence-corrected chi connectivity index (χ4v) is 4.84. The van der Waals surface area contributed by atoms with Crippen LogP contribution in [0.1, 0.15) is 10.4 Å². The first kappa shape index (κ1) is 17.1. The van der Waals surface area contributed by atoms with Crippen molar-refractivity contribution in [3.8, 4) is 0 Å². The molecule has 0 saturated carbocycles. The quantitative estimate of drug-likeness (QED) is 0.503. The zero-order chi connectivity index (χ0) is 17.4. The largest absolute Gasteiger partial charge is 0.345 e. The summed E-state index contributed by atoms with van der Waals surface area (Å²) in [4.78, 5) is 21.6. The van der Waals surface area contributed by atoms with E-state index in [0.717, 1.165) is 42.6 Å². The van der Waals surface area contributed by atoms with Crippen LogP contribution in [0.25, 0.3) is 10.2 Å². The number of thiazole rings is 1. The number of fused-ring (bicyclic) bond motifs is 1. The van der Waals surface area contributed by atoms with E-state index >= 15 is 0 Å². The molecule has 2 aromatic carbocycles. The van der Waals surface area contributed by atoms with Crippen molar-refractivity contribution in [3.63, 3.8) is 0 Å². The monoisotopic (exact) mass is 483 g/mol. The number of hydrogen-bond acceptors (Lipinski definition) is 4. The zero-order valence-corrected chi connectivity index (χ0v) is 17.0.